The lowest BCUT2D eigenvalue weighted by Gasteiger charge is -2.26. The summed E-state index contributed by atoms with van der Waals surface area (Å²) in [5.74, 6) is 2.17. The highest BCUT2D eigenvalue weighted by atomic mass is 16.5. The molecule has 0 aliphatic heterocycles. The van der Waals surface area contributed by atoms with Gasteiger partial charge in [0.1, 0.15) is 11.5 Å². The molecule has 0 unspecified atom stereocenters. The van der Waals surface area contributed by atoms with Crippen LogP contribution >= 0.6 is 0 Å². The molecule has 0 aliphatic rings. The maximum atomic E-state index is 9.22. The predicted molar refractivity (Wildman–Crippen MR) is 142 cm³/mol. The summed E-state index contributed by atoms with van der Waals surface area (Å²) in [5, 5.41) is 9.22. The van der Waals surface area contributed by atoms with Crippen molar-refractivity contribution in [3.63, 3.8) is 0 Å². The number of aliphatic hydroxyl groups is 1. The smallest absolute Gasteiger partial charge is 0.228 e. The molecule has 3 aromatic heterocycles. The van der Waals surface area contributed by atoms with Crippen LogP contribution in [0.1, 0.15) is 31.7 Å². The number of nitrogens with zero attached hydrogens (tertiary/aromatic N) is 6. The summed E-state index contributed by atoms with van der Waals surface area (Å²) < 4.78 is 11.7. The summed E-state index contributed by atoms with van der Waals surface area (Å²) in [6.07, 6.45) is 7.08. The van der Waals surface area contributed by atoms with E-state index >= 15 is 0 Å². The van der Waals surface area contributed by atoms with Crippen LogP contribution in [0.15, 0.2) is 47.9 Å². The molecule has 0 saturated heterocycles. The van der Waals surface area contributed by atoms with Crippen LogP contribution in [0.5, 0.6) is 17.4 Å². The number of hydrogen-bond donors (Lipinski definition) is 2. The van der Waals surface area contributed by atoms with Crippen molar-refractivity contribution < 1.29 is 14.6 Å². The van der Waals surface area contributed by atoms with Crippen LogP contribution in [0.2, 0.25) is 0 Å². The van der Waals surface area contributed by atoms with Crippen LogP contribution in [0, 0.1) is 6.92 Å². The Morgan fingerprint density at radius 1 is 1.22 bits per heavy atom. The monoisotopic (exact) mass is 491 g/mol. The largest absolute Gasteiger partial charge is 0.480 e. The molecule has 0 spiro atoms. The number of methoxy groups -OCH3 is 1. The van der Waals surface area contributed by atoms with Crippen molar-refractivity contribution in [2.45, 2.75) is 33.2 Å². The molecule has 3 rings (SSSR count). The summed E-state index contributed by atoms with van der Waals surface area (Å²) in [6.45, 7) is 6.73. The molecule has 0 bridgehead atoms. The summed E-state index contributed by atoms with van der Waals surface area (Å²) >= 11 is 0. The number of hydrogen-bond acceptors (Lipinski definition) is 10. The Kier molecular flexibility index (Phi) is 9.29. The van der Waals surface area contributed by atoms with E-state index in [9.17, 15) is 5.11 Å². The maximum absolute atomic E-state index is 9.22. The Hall–Kier alpha value is -4.05. The van der Waals surface area contributed by atoms with Crippen LogP contribution < -0.4 is 20.1 Å². The fourth-order valence-corrected chi connectivity index (χ4v) is 3.56. The first kappa shape index (κ1) is 26.6. The molecule has 0 radical (unpaired) electrons. The molecule has 0 aromatic carbocycles. The Balaban J connectivity index is 1.87. The van der Waals surface area contributed by atoms with Crippen molar-refractivity contribution >= 4 is 17.7 Å². The first-order valence-electron chi connectivity index (χ1n) is 11.7. The molecule has 3 aromatic rings. The second kappa shape index (κ2) is 12.6. The summed E-state index contributed by atoms with van der Waals surface area (Å²) in [4.78, 5) is 24.2. The third-order valence-electron chi connectivity index (χ3n) is 5.39. The van der Waals surface area contributed by atoms with Crippen molar-refractivity contribution in [2.75, 3.05) is 32.2 Å². The Labute approximate surface area is 211 Å². The number of nitrogens with two attached hydrogens (primary N) is 1. The van der Waals surface area contributed by atoms with Gasteiger partial charge < -0.3 is 25.2 Å². The Bertz CT molecular complexity index is 1230. The molecular formula is C26H33N7O3. The van der Waals surface area contributed by atoms with Crippen molar-refractivity contribution in [3.05, 3.63) is 54.2 Å². The number of aliphatic hydroxyl groups excluding tert-OH is 1. The lowest BCUT2D eigenvalue weighted by atomic mass is 10.2. The van der Waals surface area contributed by atoms with E-state index in [1.54, 1.807) is 44.9 Å². The van der Waals surface area contributed by atoms with E-state index in [1.165, 1.54) is 6.20 Å². The number of aliphatic imine (C=N–C) groups is 1. The van der Waals surface area contributed by atoms with Gasteiger partial charge in [0.25, 0.3) is 0 Å². The maximum Gasteiger partial charge on any atom is 0.228 e. The molecule has 10 nitrogen and oxygen atoms in total. The minimum absolute atomic E-state index is 0.106. The molecule has 0 atom stereocenters. The van der Waals surface area contributed by atoms with Crippen LogP contribution in [-0.2, 0) is 0 Å². The molecule has 36 heavy (non-hydrogen) atoms. The average molecular weight is 492 g/mol. The Morgan fingerprint density at radius 3 is 2.67 bits per heavy atom. The van der Waals surface area contributed by atoms with Gasteiger partial charge in [-0.15, -0.1) is 0 Å². The van der Waals surface area contributed by atoms with Crippen LogP contribution in [0.25, 0.3) is 16.8 Å². The molecule has 10 heteroatoms. The summed E-state index contributed by atoms with van der Waals surface area (Å²) in [5.41, 5.74) is 9.06. The molecule has 190 valence electrons. The van der Waals surface area contributed by atoms with E-state index in [0.29, 0.717) is 64.5 Å². The van der Waals surface area contributed by atoms with Gasteiger partial charge in [0.15, 0.2) is 0 Å². The van der Waals surface area contributed by atoms with Gasteiger partial charge in [-0.05, 0) is 45.4 Å². The van der Waals surface area contributed by atoms with Crippen LogP contribution in [0.3, 0.4) is 0 Å². The van der Waals surface area contributed by atoms with E-state index in [0.717, 1.165) is 0 Å². The zero-order valence-corrected chi connectivity index (χ0v) is 21.3. The van der Waals surface area contributed by atoms with Gasteiger partial charge in [-0.1, -0.05) is 0 Å². The molecule has 0 saturated carbocycles. The SMILES string of the molecule is CN=CC(=CN)c1cc(Oc2ccc(-c3cnc(N(CCCO)C(C)C)nc3OC)nc2C)ccn1. The molecule has 3 heterocycles. The van der Waals surface area contributed by atoms with Crippen LogP contribution in [0.4, 0.5) is 5.95 Å². The number of rotatable bonds is 11. The van der Waals surface area contributed by atoms with Gasteiger partial charge in [-0.25, -0.2) is 9.97 Å². The quantitative estimate of drug-likeness (QED) is 0.386. The fourth-order valence-electron chi connectivity index (χ4n) is 3.56. The number of pyridine rings is 2. The molecule has 0 aliphatic carbocycles. The lowest BCUT2D eigenvalue weighted by molar-refractivity contribution is 0.288. The van der Waals surface area contributed by atoms with E-state index in [4.69, 9.17) is 20.2 Å². The van der Waals surface area contributed by atoms with Crippen molar-refractivity contribution in [2.24, 2.45) is 10.7 Å². The van der Waals surface area contributed by atoms with Crippen molar-refractivity contribution in [3.8, 4) is 28.6 Å². The number of allylic oxidation sites excluding steroid dienone is 1. The van der Waals surface area contributed by atoms with Gasteiger partial charge in [0, 0.05) is 62.7 Å². The number of ether oxygens (including phenoxy) is 2. The van der Waals surface area contributed by atoms with Crippen LogP contribution in [-0.4, -0.2) is 64.6 Å². The number of anilines is 1. The lowest BCUT2D eigenvalue weighted by Crippen LogP contribution is -2.33. The third-order valence-corrected chi connectivity index (χ3v) is 5.39. The first-order chi connectivity index (χ1) is 17.4. The standard InChI is InChI=1S/C26H33N7O3/c1-17(2)33(11-6-12-34)26-30-16-21(25(32-26)35-5)22-7-8-24(18(3)31-22)36-20-9-10-29-23(13-20)19(14-27)15-28-4/h7-10,13-17,34H,6,11-12,27H2,1-5H3. The number of aryl methyl sites for hydroxylation is 1. The highest BCUT2D eigenvalue weighted by Crippen LogP contribution is 2.32. The van der Waals surface area contributed by atoms with E-state index in [-0.39, 0.29) is 12.6 Å². The predicted octanol–water partition coefficient (Wildman–Crippen LogP) is 3.64. The summed E-state index contributed by atoms with van der Waals surface area (Å²) in [7, 11) is 3.24. The normalized spacial score (nSPS) is 11.8. The van der Waals surface area contributed by atoms with E-state index in [2.05, 4.69) is 33.8 Å². The van der Waals surface area contributed by atoms with Crippen molar-refractivity contribution in [1.82, 2.24) is 19.9 Å². The van der Waals surface area contributed by atoms with Gasteiger partial charge in [0.05, 0.1) is 29.8 Å². The molecule has 0 amide bonds. The van der Waals surface area contributed by atoms with Gasteiger partial charge in [-0.2, -0.15) is 4.98 Å². The topological polar surface area (TPSA) is 132 Å². The fraction of sp³-hybridized carbons (Fsp3) is 0.346. The highest BCUT2D eigenvalue weighted by Gasteiger charge is 2.18. The molecular weight excluding hydrogens is 458 g/mol. The van der Waals surface area contributed by atoms with Gasteiger partial charge in [-0.3, -0.25) is 9.98 Å². The minimum Gasteiger partial charge on any atom is -0.480 e. The van der Waals surface area contributed by atoms with E-state index < -0.39 is 0 Å². The zero-order valence-electron chi connectivity index (χ0n) is 21.3. The Morgan fingerprint density at radius 2 is 2.03 bits per heavy atom. The van der Waals surface area contributed by atoms with Gasteiger partial charge >= 0.3 is 0 Å². The molecule has 0 fully saturated rings. The first-order valence-corrected chi connectivity index (χ1v) is 11.7. The molecule has 3 N–H and O–H groups in total. The average Bonchev–Trinajstić information content (AvgIpc) is 2.88. The van der Waals surface area contributed by atoms with Crippen molar-refractivity contribution in [1.29, 1.82) is 0 Å². The second-order valence-corrected chi connectivity index (χ2v) is 8.23. The van der Waals surface area contributed by atoms with E-state index in [1.807, 2.05) is 24.0 Å². The number of aromatic nitrogens is 4. The second-order valence-electron chi connectivity index (χ2n) is 8.23. The third kappa shape index (κ3) is 6.33. The minimum atomic E-state index is 0.106. The zero-order chi connectivity index (χ0) is 26.1. The van der Waals surface area contributed by atoms with Gasteiger partial charge in [0.2, 0.25) is 11.8 Å². The summed E-state index contributed by atoms with van der Waals surface area (Å²) in [6, 6.07) is 7.41. The highest BCUT2D eigenvalue weighted by molar-refractivity contribution is 6.08.